The van der Waals surface area contributed by atoms with Gasteiger partial charge in [0.2, 0.25) is 0 Å². The Hall–Kier alpha value is -1.51. The van der Waals surface area contributed by atoms with Gasteiger partial charge >= 0.3 is 5.95 Å². The molecule has 2 heterocycles. The van der Waals surface area contributed by atoms with Crippen LogP contribution in [0.4, 0.5) is 5.95 Å². The first kappa shape index (κ1) is 12.9. The van der Waals surface area contributed by atoms with Crippen molar-refractivity contribution in [3.63, 3.8) is 0 Å². The Balaban J connectivity index is 2.13. The average Bonchev–Trinajstić information content (AvgIpc) is 2.83. The fourth-order valence-corrected chi connectivity index (χ4v) is 2.03. The van der Waals surface area contributed by atoms with E-state index in [1.807, 2.05) is 0 Å². The first-order chi connectivity index (χ1) is 8.43. The highest BCUT2D eigenvalue weighted by Gasteiger charge is 2.42. The van der Waals surface area contributed by atoms with Crippen molar-refractivity contribution >= 4 is 5.95 Å². The fraction of sp³-hybridized carbons (Fsp3) is 0.700. The van der Waals surface area contributed by atoms with Gasteiger partial charge in [-0.05, 0) is 18.8 Å². The summed E-state index contributed by atoms with van der Waals surface area (Å²) in [6, 6.07) is 0. The second-order valence-electron chi connectivity index (χ2n) is 4.53. The van der Waals surface area contributed by atoms with Crippen LogP contribution in [-0.2, 0) is 16.0 Å². The number of aromatic nitrogens is 2. The number of imidazole rings is 1. The molecule has 1 aliphatic heterocycles. The van der Waals surface area contributed by atoms with Crippen LogP contribution in [0.15, 0.2) is 12.4 Å². The molecule has 1 aromatic heterocycles. The van der Waals surface area contributed by atoms with Crippen molar-refractivity contribution in [2.24, 2.45) is 0 Å². The Morgan fingerprint density at radius 3 is 2.83 bits per heavy atom. The maximum absolute atomic E-state index is 10.7. The molecule has 18 heavy (non-hydrogen) atoms. The van der Waals surface area contributed by atoms with Crippen LogP contribution < -0.4 is 0 Å². The summed E-state index contributed by atoms with van der Waals surface area (Å²) in [5.74, 6) is -1.05. The van der Waals surface area contributed by atoms with Gasteiger partial charge < -0.3 is 24.7 Å². The fourth-order valence-electron chi connectivity index (χ4n) is 2.03. The van der Waals surface area contributed by atoms with E-state index in [9.17, 15) is 15.2 Å². The molecule has 0 radical (unpaired) electrons. The van der Waals surface area contributed by atoms with Gasteiger partial charge in [0.05, 0.1) is 6.61 Å². The molecule has 0 aromatic carbocycles. The standard InChI is InChI=1S/C10H15N3O5/c1-10(2)17-7(8(6-14)18-10)5-12-4-3-11-9(12)13(15)16/h3-4,7-8,14H,5-6H2,1-2H3/t7-,8-/m1/s1. The van der Waals surface area contributed by atoms with E-state index in [1.165, 1.54) is 17.0 Å². The van der Waals surface area contributed by atoms with Crippen LogP contribution in [0.25, 0.3) is 0 Å². The number of aliphatic hydroxyl groups is 1. The quantitative estimate of drug-likeness (QED) is 0.615. The summed E-state index contributed by atoms with van der Waals surface area (Å²) in [7, 11) is 0. The SMILES string of the molecule is CC1(C)O[C@H](CO)[C@@H](Cn2ccnc2[N+](=O)[O-])O1. The second-order valence-corrected chi connectivity index (χ2v) is 4.53. The number of aliphatic hydroxyl groups excluding tert-OH is 1. The van der Waals surface area contributed by atoms with Crippen molar-refractivity contribution in [2.45, 2.75) is 38.4 Å². The van der Waals surface area contributed by atoms with Gasteiger partial charge in [-0.1, -0.05) is 4.98 Å². The van der Waals surface area contributed by atoms with E-state index in [4.69, 9.17) is 9.47 Å². The van der Waals surface area contributed by atoms with Gasteiger partial charge in [-0.15, -0.1) is 0 Å². The Morgan fingerprint density at radius 2 is 2.22 bits per heavy atom. The molecular formula is C10H15N3O5. The van der Waals surface area contributed by atoms with Crippen LogP contribution in [0.2, 0.25) is 0 Å². The van der Waals surface area contributed by atoms with Crippen LogP contribution >= 0.6 is 0 Å². The summed E-state index contributed by atoms with van der Waals surface area (Å²) in [6.07, 6.45) is 1.91. The lowest BCUT2D eigenvalue weighted by atomic mass is 10.2. The Morgan fingerprint density at radius 1 is 1.56 bits per heavy atom. The van der Waals surface area contributed by atoms with E-state index in [1.54, 1.807) is 13.8 Å². The maximum Gasteiger partial charge on any atom is 0.434 e. The first-order valence-electron chi connectivity index (χ1n) is 5.55. The summed E-state index contributed by atoms with van der Waals surface area (Å²) in [5.41, 5.74) is 0. The predicted octanol–water partition coefficient (Wildman–Crippen LogP) is 0.304. The molecule has 1 fully saturated rings. The third-order valence-corrected chi connectivity index (χ3v) is 2.70. The van der Waals surface area contributed by atoms with Gasteiger partial charge in [-0.2, -0.15) is 0 Å². The molecule has 1 aromatic rings. The number of hydrogen-bond acceptors (Lipinski definition) is 6. The summed E-state index contributed by atoms with van der Waals surface area (Å²) in [6.45, 7) is 3.48. The van der Waals surface area contributed by atoms with Crippen LogP contribution in [0.3, 0.4) is 0 Å². The minimum atomic E-state index is -0.798. The van der Waals surface area contributed by atoms with E-state index in [2.05, 4.69) is 4.98 Å². The molecule has 0 saturated carbocycles. The maximum atomic E-state index is 10.7. The second kappa shape index (κ2) is 4.63. The lowest BCUT2D eigenvalue weighted by molar-refractivity contribution is -0.397. The van der Waals surface area contributed by atoms with Crippen LogP contribution in [0.1, 0.15) is 13.8 Å². The zero-order valence-corrected chi connectivity index (χ0v) is 10.1. The normalized spacial score (nSPS) is 26.4. The molecule has 100 valence electrons. The first-order valence-corrected chi connectivity index (χ1v) is 5.55. The van der Waals surface area contributed by atoms with E-state index in [0.717, 1.165) is 0 Å². The Kier molecular flexibility index (Phi) is 3.33. The highest BCUT2D eigenvalue weighted by molar-refractivity contribution is 5.07. The number of ether oxygens (including phenoxy) is 2. The molecule has 0 spiro atoms. The van der Waals surface area contributed by atoms with Crippen LogP contribution in [0.5, 0.6) is 0 Å². The number of rotatable bonds is 4. The Labute approximate surface area is 103 Å². The van der Waals surface area contributed by atoms with E-state index < -0.39 is 22.9 Å². The highest BCUT2D eigenvalue weighted by atomic mass is 16.8. The Bertz CT molecular complexity index is 444. The zero-order valence-electron chi connectivity index (χ0n) is 10.1. The van der Waals surface area contributed by atoms with Gasteiger partial charge in [0.1, 0.15) is 31.1 Å². The van der Waals surface area contributed by atoms with E-state index in [0.29, 0.717) is 0 Å². The highest BCUT2D eigenvalue weighted by Crippen LogP contribution is 2.29. The lowest BCUT2D eigenvalue weighted by Gasteiger charge is -2.16. The van der Waals surface area contributed by atoms with Crippen LogP contribution in [0, 0.1) is 10.1 Å². The predicted molar refractivity (Wildman–Crippen MR) is 59.8 cm³/mol. The summed E-state index contributed by atoms with van der Waals surface area (Å²) >= 11 is 0. The van der Waals surface area contributed by atoms with E-state index >= 15 is 0 Å². The minimum absolute atomic E-state index is 0.198. The van der Waals surface area contributed by atoms with E-state index in [-0.39, 0.29) is 19.1 Å². The van der Waals surface area contributed by atoms with Crippen molar-refractivity contribution < 1.29 is 19.5 Å². The number of nitro groups is 1. The molecule has 8 heteroatoms. The molecule has 8 nitrogen and oxygen atoms in total. The molecule has 0 aliphatic carbocycles. The van der Waals surface area contributed by atoms with Crippen molar-refractivity contribution in [3.8, 4) is 0 Å². The van der Waals surface area contributed by atoms with Gasteiger partial charge in [0.25, 0.3) is 0 Å². The van der Waals surface area contributed by atoms with Crippen molar-refractivity contribution in [2.75, 3.05) is 6.61 Å². The summed E-state index contributed by atoms with van der Waals surface area (Å²) in [4.78, 5) is 13.8. The summed E-state index contributed by atoms with van der Waals surface area (Å²) in [5, 5.41) is 19.9. The number of nitrogens with zero attached hydrogens (tertiary/aromatic N) is 3. The van der Waals surface area contributed by atoms with Gasteiger partial charge in [-0.25, -0.2) is 4.57 Å². The third-order valence-electron chi connectivity index (χ3n) is 2.70. The minimum Gasteiger partial charge on any atom is -0.394 e. The summed E-state index contributed by atoms with van der Waals surface area (Å²) < 4.78 is 12.5. The third kappa shape index (κ3) is 2.50. The molecule has 0 amide bonds. The molecule has 2 atom stereocenters. The number of hydrogen-bond donors (Lipinski definition) is 1. The molecule has 0 bridgehead atoms. The van der Waals surface area contributed by atoms with Crippen molar-refractivity contribution in [1.82, 2.24) is 9.55 Å². The van der Waals surface area contributed by atoms with Crippen LogP contribution in [-0.4, -0.2) is 44.2 Å². The molecule has 1 saturated heterocycles. The average molecular weight is 257 g/mol. The molecule has 2 rings (SSSR count). The molecule has 1 aliphatic rings. The zero-order chi connectivity index (χ0) is 13.3. The van der Waals surface area contributed by atoms with Crippen molar-refractivity contribution in [1.29, 1.82) is 0 Å². The van der Waals surface area contributed by atoms with Gasteiger partial charge in [0.15, 0.2) is 5.79 Å². The monoisotopic (exact) mass is 257 g/mol. The smallest absolute Gasteiger partial charge is 0.394 e. The largest absolute Gasteiger partial charge is 0.434 e. The molecule has 1 N–H and O–H groups in total. The van der Waals surface area contributed by atoms with Crippen molar-refractivity contribution in [3.05, 3.63) is 22.5 Å². The molecular weight excluding hydrogens is 242 g/mol. The topological polar surface area (TPSA) is 99.7 Å². The lowest BCUT2D eigenvalue weighted by Crippen LogP contribution is -2.30. The van der Waals surface area contributed by atoms with Gasteiger partial charge in [-0.3, -0.25) is 0 Å². The van der Waals surface area contributed by atoms with Gasteiger partial charge in [0, 0.05) is 0 Å². The molecule has 0 unspecified atom stereocenters.